The van der Waals surface area contributed by atoms with Crippen molar-refractivity contribution in [1.82, 2.24) is 9.88 Å². The molecule has 0 atom stereocenters. The first-order valence-electron chi connectivity index (χ1n) is 10.1. The van der Waals surface area contributed by atoms with E-state index in [2.05, 4.69) is 9.88 Å². The SMILES string of the molecule is O=c1cc(CN2CCOCC2)occ1OCCCCCSc1ccnc(C(F)(F)F)c1. The fourth-order valence-corrected chi connectivity index (χ4v) is 3.95. The lowest BCUT2D eigenvalue weighted by Crippen LogP contribution is -2.35. The minimum absolute atomic E-state index is 0.191. The highest BCUT2D eigenvalue weighted by molar-refractivity contribution is 7.99. The molecule has 1 aliphatic heterocycles. The number of ether oxygens (including phenoxy) is 2. The molecule has 170 valence electrons. The monoisotopic (exact) mass is 458 g/mol. The Bertz CT molecular complexity index is 885. The molecular formula is C21H25F3N2O4S. The molecule has 3 rings (SSSR count). The summed E-state index contributed by atoms with van der Waals surface area (Å²) in [4.78, 5) is 18.3. The van der Waals surface area contributed by atoms with Gasteiger partial charge in [-0.05, 0) is 37.1 Å². The van der Waals surface area contributed by atoms with Crippen LogP contribution in [0, 0.1) is 0 Å². The highest BCUT2D eigenvalue weighted by Gasteiger charge is 2.32. The molecule has 31 heavy (non-hydrogen) atoms. The van der Waals surface area contributed by atoms with E-state index in [0.29, 0.717) is 42.8 Å². The van der Waals surface area contributed by atoms with Gasteiger partial charge in [-0.15, -0.1) is 11.8 Å². The maximum absolute atomic E-state index is 12.7. The minimum Gasteiger partial charge on any atom is -0.487 e. The van der Waals surface area contributed by atoms with Crippen molar-refractivity contribution in [2.24, 2.45) is 0 Å². The number of morpholine rings is 1. The van der Waals surface area contributed by atoms with Crippen molar-refractivity contribution < 1.29 is 27.1 Å². The highest BCUT2D eigenvalue weighted by Crippen LogP contribution is 2.30. The largest absolute Gasteiger partial charge is 0.487 e. The molecule has 0 amide bonds. The number of aromatic nitrogens is 1. The van der Waals surface area contributed by atoms with E-state index in [9.17, 15) is 18.0 Å². The molecule has 1 saturated heterocycles. The van der Waals surface area contributed by atoms with E-state index in [1.54, 1.807) is 6.07 Å². The molecule has 6 nitrogen and oxygen atoms in total. The first-order valence-corrected chi connectivity index (χ1v) is 11.1. The quantitative estimate of drug-likeness (QED) is 0.390. The molecular weight excluding hydrogens is 433 g/mol. The zero-order valence-electron chi connectivity index (χ0n) is 17.0. The summed E-state index contributed by atoms with van der Waals surface area (Å²) >= 11 is 1.37. The number of halogens is 3. The number of hydrogen-bond donors (Lipinski definition) is 0. The smallest absolute Gasteiger partial charge is 0.433 e. The molecule has 1 aliphatic rings. The summed E-state index contributed by atoms with van der Waals surface area (Å²) in [5, 5.41) is 0. The van der Waals surface area contributed by atoms with E-state index in [4.69, 9.17) is 13.9 Å². The van der Waals surface area contributed by atoms with Crippen LogP contribution in [0.15, 0.2) is 44.8 Å². The van der Waals surface area contributed by atoms with E-state index in [-0.39, 0.29) is 11.2 Å². The van der Waals surface area contributed by atoms with E-state index >= 15 is 0 Å². The van der Waals surface area contributed by atoms with Gasteiger partial charge in [0.05, 0.1) is 26.4 Å². The molecule has 0 N–H and O–H groups in total. The first kappa shape index (κ1) is 23.6. The van der Waals surface area contributed by atoms with Crippen LogP contribution in [0.4, 0.5) is 13.2 Å². The standard InChI is InChI=1S/C21H25F3N2O4S/c22-21(23,24)20-13-17(4-5-25-20)31-11-3-1-2-8-29-19-15-30-16(12-18(19)27)14-26-6-9-28-10-7-26/h4-5,12-13,15H,1-3,6-11,14H2. The van der Waals surface area contributed by atoms with Gasteiger partial charge in [0.25, 0.3) is 0 Å². The van der Waals surface area contributed by atoms with Gasteiger partial charge in [-0.25, -0.2) is 0 Å². The molecule has 10 heteroatoms. The number of hydrogen-bond acceptors (Lipinski definition) is 7. The van der Waals surface area contributed by atoms with Crippen LogP contribution in [0.3, 0.4) is 0 Å². The second kappa shape index (κ2) is 11.5. The topological polar surface area (TPSA) is 64.8 Å². The minimum atomic E-state index is -4.43. The van der Waals surface area contributed by atoms with Crippen LogP contribution in [0.1, 0.15) is 30.7 Å². The van der Waals surface area contributed by atoms with Crippen LogP contribution in [0.5, 0.6) is 5.75 Å². The summed E-state index contributed by atoms with van der Waals surface area (Å²) in [6, 6.07) is 4.10. The fraction of sp³-hybridized carbons (Fsp3) is 0.524. The molecule has 2 aromatic rings. The zero-order valence-corrected chi connectivity index (χ0v) is 17.8. The average molecular weight is 459 g/mol. The number of unbranched alkanes of at least 4 members (excludes halogenated alkanes) is 2. The Morgan fingerprint density at radius 1 is 1.16 bits per heavy atom. The molecule has 2 aromatic heterocycles. The van der Waals surface area contributed by atoms with Crippen LogP contribution >= 0.6 is 11.8 Å². The average Bonchev–Trinajstić information content (AvgIpc) is 2.75. The van der Waals surface area contributed by atoms with E-state index in [0.717, 1.165) is 38.4 Å². The fourth-order valence-electron chi connectivity index (χ4n) is 3.02. The number of thioether (sulfide) groups is 1. The Morgan fingerprint density at radius 3 is 2.71 bits per heavy atom. The van der Waals surface area contributed by atoms with Gasteiger partial charge in [-0.2, -0.15) is 13.2 Å². The lowest BCUT2D eigenvalue weighted by atomic mass is 10.3. The van der Waals surface area contributed by atoms with Gasteiger partial charge in [0.1, 0.15) is 17.7 Å². The van der Waals surface area contributed by atoms with Crippen LogP contribution in [-0.2, 0) is 17.5 Å². The Labute approximate surface area is 182 Å². The zero-order chi connectivity index (χ0) is 22.1. The molecule has 0 aromatic carbocycles. The molecule has 0 aliphatic carbocycles. The van der Waals surface area contributed by atoms with Crippen molar-refractivity contribution in [3.05, 3.63) is 52.3 Å². The van der Waals surface area contributed by atoms with Gasteiger partial charge < -0.3 is 13.9 Å². The number of pyridine rings is 1. The normalized spacial score (nSPS) is 15.2. The third kappa shape index (κ3) is 7.86. The van der Waals surface area contributed by atoms with Gasteiger partial charge >= 0.3 is 6.18 Å². The Hall–Kier alpha value is -2.04. The van der Waals surface area contributed by atoms with Crippen LogP contribution < -0.4 is 10.2 Å². The van der Waals surface area contributed by atoms with Crippen molar-refractivity contribution >= 4 is 11.8 Å². The maximum atomic E-state index is 12.7. The summed E-state index contributed by atoms with van der Waals surface area (Å²) < 4.78 is 54.4. The van der Waals surface area contributed by atoms with E-state index < -0.39 is 11.9 Å². The Kier molecular flexibility index (Phi) is 8.79. The highest BCUT2D eigenvalue weighted by atomic mass is 32.2. The van der Waals surface area contributed by atoms with Gasteiger partial charge in [-0.3, -0.25) is 14.7 Å². The Balaban J connectivity index is 1.32. The number of alkyl halides is 3. The van der Waals surface area contributed by atoms with Crippen molar-refractivity contribution in [2.75, 3.05) is 38.7 Å². The van der Waals surface area contributed by atoms with Gasteiger partial charge in [0.2, 0.25) is 11.2 Å². The van der Waals surface area contributed by atoms with Crippen LogP contribution in [-0.4, -0.2) is 48.5 Å². The molecule has 0 unspecified atom stereocenters. The van der Waals surface area contributed by atoms with Crippen molar-refractivity contribution in [3.8, 4) is 5.75 Å². The van der Waals surface area contributed by atoms with Crippen molar-refractivity contribution in [1.29, 1.82) is 0 Å². The van der Waals surface area contributed by atoms with Crippen molar-refractivity contribution in [3.63, 3.8) is 0 Å². The van der Waals surface area contributed by atoms with E-state index in [1.807, 2.05) is 0 Å². The predicted molar refractivity (Wildman–Crippen MR) is 110 cm³/mol. The number of rotatable bonds is 10. The molecule has 0 saturated carbocycles. The molecule has 0 bridgehead atoms. The second-order valence-electron chi connectivity index (χ2n) is 7.10. The predicted octanol–water partition coefficient (Wildman–Crippen LogP) is 4.23. The second-order valence-corrected chi connectivity index (χ2v) is 8.26. The van der Waals surface area contributed by atoms with Crippen LogP contribution in [0.25, 0.3) is 0 Å². The molecule has 1 fully saturated rings. The van der Waals surface area contributed by atoms with Crippen molar-refractivity contribution in [2.45, 2.75) is 36.9 Å². The van der Waals surface area contributed by atoms with Gasteiger partial charge in [0.15, 0.2) is 0 Å². The third-order valence-corrected chi connectivity index (χ3v) is 5.75. The van der Waals surface area contributed by atoms with Gasteiger partial charge in [0, 0.05) is 30.2 Å². The summed E-state index contributed by atoms with van der Waals surface area (Å²) in [6.45, 7) is 3.93. The lowest BCUT2D eigenvalue weighted by Gasteiger charge is -2.25. The van der Waals surface area contributed by atoms with Gasteiger partial charge in [-0.1, -0.05) is 0 Å². The summed E-state index contributed by atoms with van der Waals surface area (Å²) in [7, 11) is 0. The summed E-state index contributed by atoms with van der Waals surface area (Å²) in [6.07, 6.45) is 0.503. The first-order chi connectivity index (χ1) is 14.9. The lowest BCUT2D eigenvalue weighted by molar-refractivity contribution is -0.141. The molecule has 3 heterocycles. The summed E-state index contributed by atoms with van der Waals surface area (Å²) in [5.41, 5.74) is -1.08. The van der Waals surface area contributed by atoms with E-state index in [1.165, 1.54) is 30.3 Å². The molecule has 0 spiro atoms. The maximum Gasteiger partial charge on any atom is 0.433 e. The number of nitrogens with zero attached hydrogens (tertiary/aromatic N) is 2. The molecule has 0 radical (unpaired) electrons. The van der Waals surface area contributed by atoms with Crippen LogP contribution in [0.2, 0.25) is 0 Å². The summed E-state index contributed by atoms with van der Waals surface area (Å²) in [5.74, 6) is 1.48. The third-order valence-electron chi connectivity index (χ3n) is 4.67. The Morgan fingerprint density at radius 2 is 1.97 bits per heavy atom.